The molecule has 4 rings (SSSR count). The first-order valence-electron chi connectivity index (χ1n) is 11.6. The Labute approximate surface area is 224 Å². The fourth-order valence-electron chi connectivity index (χ4n) is 3.43. The molecule has 0 fully saturated rings. The number of carbonyl (C=O) groups is 3. The zero-order chi connectivity index (χ0) is 26.9. The highest BCUT2D eigenvalue weighted by Crippen LogP contribution is 2.15. The lowest BCUT2D eigenvalue weighted by Gasteiger charge is -2.12. The van der Waals surface area contributed by atoms with Crippen LogP contribution in [0.15, 0.2) is 115 Å². The van der Waals surface area contributed by atoms with Crippen molar-refractivity contribution >= 4 is 47.0 Å². The lowest BCUT2D eigenvalue weighted by molar-refractivity contribution is -0.113. The molecule has 188 valence electrons. The fraction of sp³-hybridized carbons (Fsp3) is 0. The highest BCUT2D eigenvalue weighted by molar-refractivity contribution is 6.30. The third-order valence-electron chi connectivity index (χ3n) is 5.43. The maximum atomic E-state index is 13.3. The molecule has 0 unspecified atom stereocenters. The second-order valence-corrected chi connectivity index (χ2v) is 8.65. The van der Waals surface area contributed by atoms with Crippen LogP contribution in [-0.4, -0.2) is 17.6 Å². The summed E-state index contributed by atoms with van der Waals surface area (Å²) in [6.45, 7) is 0. The van der Waals surface area contributed by atoms with Gasteiger partial charge in [0, 0.05) is 21.8 Å². The van der Waals surface area contributed by atoms with Gasteiger partial charge in [-0.15, -0.1) is 0 Å². The van der Waals surface area contributed by atoms with Crippen molar-refractivity contribution < 1.29 is 18.8 Å². The monoisotopic (exact) mass is 524 g/mol. The fourth-order valence-corrected chi connectivity index (χ4v) is 3.55. The molecule has 0 bridgehead atoms. The number of benzene rings is 4. The third kappa shape index (κ3) is 7.35. The van der Waals surface area contributed by atoms with Crippen LogP contribution in [0.1, 0.15) is 31.8 Å². The van der Waals surface area contributed by atoms with Crippen LogP contribution < -0.4 is 10.6 Å². The lowest BCUT2D eigenvalue weighted by atomic mass is 10.1. The number of hydrogen-bond donors (Lipinski definition) is 2. The zero-order valence-corrected chi connectivity index (χ0v) is 20.8. The largest absolute Gasteiger partial charge is 0.321 e. The number of halogens is 2. The van der Waals surface area contributed by atoms with E-state index in [9.17, 15) is 18.8 Å². The van der Waals surface area contributed by atoms with Crippen LogP contribution >= 0.6 is 11.6 Å². The zero-order valence-electron chi connectivity index (χ0n) is 20.0. The van der Waals surface area contributed by atoms with Crippen LogP contribution in [0.5, 0.6) is 0 Å². The van der Waals surface area contributed by atoms with Gasteiger partial charge in [-0.05, 0) is 83.9 Å². The number of ketones is 1. The Morgan fingerprint density at radius 1 is 0.711 bits per heavy atom. The normalized spacial score (nSPS) is 11.3. The van der Waals surface area contributed by atoms with E-state index < -0.39 is 17.6 Å². The minimum absolute atomic E-state index is 0.0310. The summed E-state index contributed by atoms with van der Waals surface area (Å²) in [6, 6.07) is 27.4. The van der Waals surface area contributed by atoms with Gasteiger partial charge < -0.3 is 10.6 Å². The summed E-state index contributed by atoms with van der Waals surface area (Å²) in [4.78, 5) is 38.3. The minimum Gasteiger partial charge on any atom is -0.321 e. The summed E-state index contributed by atoms with van der Waals surface area (Å²) in [6.07, 6.45) is 4.60. The number of anilines is 1. The Bertz CT molecular complexity index is 1500. The molecule has 5 nitrogen and oxygen atoms in total. The van der Waals surface area contributed by atoms with E-state index in [-0.39, 0.29) is 11.5 Å². The molecule has 7 heteroatoms. The molecule has 0 heterocycles. The average Bonchev–Trinajstić information content (AvgIpc) is 2.94. The summed E-state index contributed by atoms with van der Waals surface area (Å²) in [7, 11) is 0. The molecule has 0 aliphatic carbocycles. The van der Waals surface area contributed by atoms with Gasteiger partial charge >= 0.3 is 0 Å². The molecule has 4 aromatic carbocycles. The number of rotatable bonds is 8. The van der Waals surface area contributed by atoms with E-state index >= 15 is 0 Å². The quantitative estimate of drug-likeness (QED) is 0.197. The molecule has 0 aliphatic rings. The summed E-state index contributed by atoms with van der Waals surface area (Å²) in [5.41, 5.74) is 2.57. The summed E-state index contributed by atoms with van der Waals surface area (Å²) >= 11 is 5.88. The van der Waals surface area contributed by atoms with Gasteiger partial charge in [0.25, 0.3) is 11.8 Å². The smallest absolute Gasteiger partial charge is 0.272 e. The molecular weight excluding hydrogens is 503 g/mol. The second-order valence-electron chi connectivity index (χ2n) is 8.21. The van der Waals surface area contributed by atoms with Crippen LogP contribution in [-0.2, 0) is 4.79 Å². The van der Waals surface area contributed by atoms with Gasteiger partial charge in [-0.1, -0.05) is 60.1 Å². The van der Waals surface area contributed by atoms with Crippen LogP contribution in [0.3, 0.4) is 0 Å². The van der Waals surface area contributed by atoms with Gasteiger partial charge in [0.15, 0.2) is 5.78 Å². The predicted molar refractivity (Wildman–Crippen MR) is 148 cm³/mol. The first-order valence-corrected chi connectivity index (χ1v) is 12.0. The van der Waals surface area contributed by atoms with Crippen LogP contribution in [0.4, 0.5) is 10.1 Å². The topological polar surface area (TPSA) is 75.3 Å². The van der Waals surface area contributed by atoms with Crippen LogP contribution in [0.25, 0.3) is 12.2 Å². The van der Waals surface area contributed by atoms with E-state index in [0.29, 0.717) is 27.4 Å². The second kappa shape index (κ2) is 12.4. The lowest BCUT2D eigenvalue weighted by Crippen LogP contribution is -2.30. The molecular formula is C31H22ClFN2O3. The molecule has 2 amide bonds. The number of carbonyl (C=O) groups excluding carboxylic acids is 3. The molecule has 0 saturated heterocycles. The van der Waals surface area contributed by atoms with Gasteiger partial charge in [0.1, 0.15) is 11.5 Å². The van der Waals surface area contributed by atoms with Gasteiger partial charge in [0.2, 0.25) is 0 Å². The maximum Gasteiger partial charge on any atom is 0.272 e. The van der Waals surface area contributed by atoms with Gasteiger partial charge in [-0.2, -0.15) is 0 Å². The molecule has 0 aromatic heterocycles. The van der Waals surface area contributed by atoms with Crippen LogP contribution in [0, 0.1) is 5.82 Å². The molecule has 4 aromatic rings. The summed E-state index contributed by atoms with van der Waals surface area (Å²) in [5, 5.41) is 5.96. The number of amides is 2. The Balaban J connectivity index is 1.48. The Kier molecular flexibility index (Phi) is 8.59. The molecule has 0 radical (unpaired) electrons. The Hall–Kier alpha value is -4.81. The van der Waals surface area contributed by atoms with E-state index in [1.54, 1.807) is 84.9 Å². The first kappa shape index (κ1) is 26.3. The van der Waals surface area contributed by atoms with Gasteiger partial charge in [0.05, 0.1) is 0 Å². The molecule has 0 aliphatic heterocycles. The molecule has 2 N–H and O–H groups in total. The molecule has 0 spiro atoms. The van der Waals surface area contributed by atoms with Gasteiger partial charge in [-0.25, -0.2) is 4.39 Å². The van der Waals surface area contributed by atoms with Crippen molar-refractivity contribution in [1.82, 2.24) is 5.32 Å². The number of nitrogens with one attached hydrogen (secondary N) is 2. The number of allylic oxidation sites excluding steroid dienone is 1. The third-order valence-corrected chi connectivity index (χ3v) is 5.69. The van der Waals surface area contributed by atoms with E-state index in [0.717, 1.165) is 5.56 Å². The number of hydrogen-bond acceptors (Lipinski definition) is 3. The predicted octanol–water partition coefficient (Wildman–Crippen LogP) is 6.78. The van der Waals surface area contributed by atoms with Crippen molar-refractivity contribution in [1.29, 1.82) is 0 Å². The average molecular weight is 525 g/mol. The Morgan fingerprint density at radius 3 is 2.00 bits per heavy atom. The molecule has 38 heavy (non-hydrogen) atoms. The van der Waals surface area contributed by atoms with E-state index in [4.69, 9.17) is 11.6 Å². The van der Waals surface area contributed by atoms with Gasteiger partial charge in [-0.3, -0.25) is 14.4 Å². The minimum atomic E-state index is -0.583. The van der Waals surface area contributed by atoms with Crippen LogP contribution in [0.2, 0.25) is 5.02 Å². The molecule has 0 saturated carbocycles. The van der Waals surface area contributed by atoms with Crippen molar-refractivity contribution in [2.24, 2.45) is 0 Å². The van der Waals surface area contributed by atoms with Crippen molar-refractivity contribution in [3.63, 3.8) is 0 Å². The van der Waals surface area contributed by atoms with Crippen molar-refractivity contribution in [3.8, 4) is 0 Å². The van der Waals surface area contributed by atoms with Crippen molar-refractivity contribution in [2.45, 2.75) is 0 Å². The maximum absolute atomic E-state index is 13.3. The van der Waals surface area contributed by atoms with E-state index in [2.05, 4.69) is 10.6 Å². The molecule has 0 atom stereocenters. The summed E-state index contributed by atoms with van der Waals surface area (Å²) < 4.78 is 13.3. The highest BCUT2D eigenvalue weighted by Gasteiger charge is 2.15. The van der Waals surface area contributed by atoms with Crippen molar-refractivity contribution in [2.75, 3.05) is 5.32 Å². The van der Waals surface area contributed by atoms with Crippen molar-refractivity contribution in [3.05, 3.63) is 148 Å². The highest BCUT2D eigenvalue weighted by atomic mass is 35.5. The first-order chi connectivity index (χ1) is 18.4. The van der Waals surface area contributed by atoms with E-state index in [1.165, 1.54) is 36.4 Å². The summed E-state index contributed by atoms with van der Waals surface area (Å²) in [5.74, 6) is -1.67. The Morgan fingerprint density at radius 2 is 1.34 bits per heavy atom. The standard InChI is InChI=1S/C31H22ClFN2O3/c32-25-13-6-21(7-14-25)10-19-29(36)23-11-17-27(18-12-23)34-31(38)28(20-22-8-15-26(33)16-9-22)35-30(37)24-4-2-1-3-5-24/h1-20H,(H,34,38)(H,35,37)/b19-10+,28-20-. The SMILES string of the molecule is O=C(Nc1ccc(C(=O)/C=C/c2ccc(Cl)cc2)cc1)/C(=C/c1ccc(F)cc1)NC(=O)c1ccccc1. The van der Waals surface area contributed by atoms with E-state index in [1.807, 2.05) is 0 Å².